The van der Waals surface area contributed by atoms with Crippen LogP contribution >= 0.6 is 0 Å². The van der Waals surface area contributed by atoms with E-state index in [0.717, 1.165) is 11.1 Å². The molecule has 1 unspecified atom stereocenters. The molecular weight excluding hydrogens is 420 g/mol. The van der Waals surface area contributed by atoms with Gasteiger partial charge < -0.3 is 9.15 Å². The summed E-state index contributed by atoms with van der Waals surface area (Å²) in [5, 5.41) is 11.0. The third-order valence-corrected chi connectivity index (χ3v) is 5.91. The summed E-state index contributed by atoms with van der Waals surface area (Å²) >= 11 is 0. The number of aromatic nitrogens is 1. The number of non-ortho nitro benzene ring substituents is 1. The number of nitro benzene ring substituents is 1. The molecule has 0 aliphatic carbocycles. The lowest BCUT2D eigenvalue weighted by Crippen LogP contribution is -2.15. The molecule has 1 heterocycles. The van der Waals surface area contributed by atoms with Crippen LogP contribution in [0.3, 0.4) is 0 Å². The SMILES string of the molecule is COc1ccc([N+](=O)[O-])cc1CC(=O)CS(=O)Cc1nc(-c2ccc(C)cc2)oc1C. The molecule has 162 valence electrons. The predicted molar refractivity (Wildman–Crippen MR) is 116 cm³/mol. The van der Waals surface area contributed by atoms with Crippen molar-refractivity contribution in [2.24, 2.45) is 0 Å². The minimum atomic E-state index is -1.50. The first-order chi connectivity index (χ1) is 14.8. The number of oxazole rings is 1. The van der Waals surface area contributed by atoms with Crippen molar-refractivity contribution >= 4 is 22.3 Å². The maximum Gasteiger partial charge on any atom is 0.269 e. The smallest absolute Gasteiger partial charge is 0.269 e. The number of ether oxygens (including phenoxy) is 1. The predicted octanol–water partition coefficient (Wildman–Crippen LogP) is 3.94. The molecule has 0 N–H and O–H groups in total. The van der Waals surface area contributed by atoms with Gasteiger partial charge in [0, 0.05) is 40.5 Å². The van der Waals surface area contributed by atoms with Crippen LogP contribution < -0.4 is 4.74 Å². The van der Waals surface area contributed by atoms with Crippen LogP contribution in [0.15, 0.2) is 46.9 Å². The standard InChI is InChI=1S/C22H22N2O6S/c1-14-4-6-16(7-5-14)22-23-20(15(2)30-22)13-31(28)12-19(25)11-17-10-18(24(26)27)8-9-21(17)29-3/h4-10H,11-13H2,1-3H3. The first kappa shape index (κ1) is 22.4. The highest BCUT2D eigenvalue weighted by Crippen LogP contribution is 2.25. The monoisotopic (exact) mass is 442 g/mol. The van der Waals surface area contributed by atoms with Gasteiger partial charge in [-0.2, -0.15) is 0 Å². The van der Waals surface area contributed by atoms with Gasteiger partial charge in [-0.15, -0.1) is 0 Å². The van der Waals surface area contributed by atoms with Gasteiger partial charge in [0.05, 0.1) is 29.2 Å². The van der Waals surface area contributed by atoms with Crippen molar-refractivity contribution < 1.29 is 23.1 Å². The Balaban J connectivity index is 1.66. The second kappa shape index (κ2) is 9.65. The molecule has 3 aromatic rings. The van der Waals surface area contributed by atoms with E-state index in [1.54, 1.807) is 6.92 Å². The molecule has 0 radical (unpaired) electrons. The molecule has 0 aliphatic rings. The summed E-state index contributed by atoms with van der Waals surface area (Å²) in [7, 11) is -0.0783. The highest BCUT2D eigenvalue weighted by Gasteiger charge is 2.19. The van der Waals surface area contributed by atoms with Crippen molar-refractivity contribution in [1.29, 1.82) is 0 Å². The molecule has 0 saturated carbocycles. The Kier molecular flexibility index (Phi) is 6.96. The topological polar surface area (TPSA) is 113 Å². The molecule has 3 rings (SSSR count). The minimum Gasteiger partial charge on any atom is -0.496 e. The Morgan fingerprint density at radius 3 is 2.55 bits per heavy atom. The number of nitro groups is 1. The summed E-state index contributed by atoms with van der Waals surface area (Å²) < 4.78 is 23.4. The highest BCUT2D eigenvalue weighted by atomic mass is 32.2. The molecule has 0 aliphatic heterocycles. The average Bonchev–Trinajstić information content (AvgIpc) is 3.08. The number of methoxy groups -OCH3 is 1. The van der Waals surface area contributed by atoms with Gasteiger partial charge in [0.2, 0.25) is 5.89 Å². The third kappa shape index (κ3) is 5.64. The maximum absolute atomic E-state index is 12.6. The molecule has 31 heavy (non-hydrogen) atoms. The number of nitrogens with zero attached hydrogens (tertiary/aromatic N) is 2. The van der Waals surface area contributed by atoms with Gasteiger partial charge in [0.1, 0.15) is 17.3 Å². The van der Waals surface area contributed by atoms with Gasteiger partial charge in [-0.1, -0.05) is 17.7 Å². The molecule has 0 amide bonds. The summed E-state index contributed by atoms with van der Waals surface area (Å²) in [6.45, 7) is 3.73. The summed E-state index contributed by atoms with van der Waals surface area (Å²) in [5.74, 6) is 0.947. The van der Waals surface area contributed by atoms with Gasteiger partial charge in [0.25, 0.3) is 5.69 Å². The highest BCUT2D eigenvalue weighted by molar-refractivity contribution is 7.84. The van der Waals surface area contributed by atoms with Crippen LogP contribution in [0.25, 0.3) is 11.5 Å². The summed E-state index contributed by atoms with van der Waals surface area (Å²) in [6, 6.07) is 11.8. The van der Waals surface area contributed by atoms with Gasteiger partial charge in [-0.05, 0) is 32.0 Å². The molecule has 2 aromatic carbocycles. The number of benzene rings is 2. The van der Waals surface area contributed by atoms with Gasteiger partial charge in [-0.25, -0.2) is 4.98 Å². The molecule has 0 spiro atoms. The Morgan fingerprint density at radius 2 is 1.90 bits per heavy atom. The van der Waals surface area contributed by atoms with Gasteiger partial charge in [0.15, 0.2) is 0 Å². The number of aryl methyl sites for hydroxylation is 2. The van der Waals surface area contributed by atoms with Crippen molar-refractivity contribution in [3.05, 3.63) is 75.2 Å². The molecular formula is C22H22N2O6S. The quantitative estimate of drug-likeness (QED) is 0.364. The fourth-order valence-corrected chi connectivity index (χ4v) is 4.18. The maximum atomic E-state index is 12.6. The molecule has 0 fully saturated rings. The fourth-order valence-electron chi connectivity index (χ4n) is 3.04. The van der Waals surface area contributed by atoms with E-state index >= 15 is 0 Å². The first-order valence-corrected chi connectivity index (χ1v) is 11.0. The van der Waals surface area contributed by atoms with Crippen molar-refractivity contribution in [1.82, 2.24) is 4.98 Å². The second-order valence-corrected chi connectivity index (χ2v) is 8.54. The van der Waals surface area contributed by atoms with E-state index in [-0.39, 0.29) is 29.4 Å². The van der Waals surface area contributed by atoms with Crippen LogP contribution in [0.1, 0.15) is 22.6 Å². The van der Waals surface area contributed by atoms with Crippen LogP contribution in [0, 0.1) is 24.0 Å². The Hall–Kier alpha value is -3.33. The molecule has 1 aromatic heterocycles. The van der Waals surface area contributed by atoms with E-state index in [9.17, 15) is 19.1 Å². The normalized spacial score (nSPS) is 11.8. The zero-order valence-electron chi connectivity index (χ0n) is 17.4. The van der Waals surface area contributed by atoms with Crippen LogP contribution in [0.5, 0.6) is 5.75 Å². The lowest BCUT2D eigenvalue weighted by atomic mass is 10.1. The Bertz CT molecular complexity index is 1140. The number of carbonyl (C=O) groups excluding carboxylic acids is 1. The Morgan fingerprint density at radius 1 is 1.19 bits per heavy atom. The van der Waals surface area contributed by atoms with Gasteiger partial charge >= 0.3 is 0 Å². The number of rotatable bonds is 9. The number of Topliss-reactive ketones (excluding diaryl/α,β-unsaturated/α-hetero) is 1. The number of carbonyl (C=O) groups is 1. The van der Waals surface area contributed by atoms with Crippen molar-refractivity contribution in [3.63, 3.8) is 0 Å². The summed E-state index contributed by atoms with van der Waals surface area (Å²) in [6.07, 6.45) is -0.108. The zero-order valence-corrected chi connectivity index (χ0v) is 18.2. The van der Waals surface area contributed by atoms with Crippen LogP contribution in [0.2, 0.25) is 0 Å². The molecule has 0 saturated heterocycles. The molecule has 9 heteroatoms. The molecule has 1 atom stereocenters. The summed E-state index contributed by atoms with van der Waals surface area (Å²) in [5.41, 5.74) is 2.73. The van der Waals surface area contributed by atoms with E-state index in [1.165, 1.54) is 25.3 Å². The van der Waals surface area contributed by atoms with Crippen LogP contribution in [-0.2, 0) is 27.8 Å². The first-order valence-electron chi connectivity index (χ1n) is 9.48. The van der Waals surface area contributed by atoms with Gasteiger partial charge in [-0.3, -0.25) is 19.1 Å². The van der Waals surface area contributed by atoms with E-state index < -0.39 is 15.7 Å². The zero-order chi connectivity index (χ0) is 22.5. The number of hydrogen-bond acceptors (Lipinski definition) is 7. The van der Waals surface area contributed by atoms with Crippen molar-refractivity contribution in [2.45, 2.75) is 26.0 Å². The number of ketones is 1. The largest absolute Gasteiger partial charge is 0.496 e. The fraction of sp³-hybridized carbons (Fsp3) is 0.273. The Labute approximate surface area is 181 Å². The molecule has 8 nitrogen and oxygen atoms in total. The van der Waals surface area contributed by atoms with Crippen LogP contribution in [0.4, 0.5) is 5.69 Å². The average molecular weight is 442 g/mol. The summed E-state index contributed by atoms with van der Waals surface area (Å²) in [4.78, 5) is 27.3. The van der Waals surface area contributed by atoms with Crippen molar-refractivity contribution in [3.8, 4) is 17.2 Å². The van der Waals surface area contributed by atoms with E-state index in [4.69, 9.17) is 9.15 Å². The van der Waals surface area contributed by atoms with E-state index in [2.05, 4.69) is 4.98 Å². The van der Waals surface area contributed by atoms with E-state index in [0.29, 0.717) is 28.7 Å². The third-order valence-electron chi connectivity index (χ3n) is 4.67. The second-order valence-electron chi connectivity index (χ2n) is 7.09. The minimum absolute atomic E-state index is 0.0823. The van der Waals surface area contributed by atoms with E-state index in [1.807, 2.05) is 31.2 Å². The molecule has 0 bridgehead atoms. The number of hydrogen-bond donors (Lipinski definition) is 0. The lowest BCUT2D eigenvalue weighted by molar-refractivity contribution is -0.384. The lowest BCUT2D eigenvalue weighted by Gasteiger charge is -2.07. The van der Waals surface area contributed by atoms with Crippen molar-refractivity contribution in [2.75, 3.05) is 12.9 Å². The van der Waals surface area contributed by atoms with Crippen LogP contribution in [-0.4, -0.2) is 32.8 Å².